The average Bonchev–Trinajstić information content (AvgIpc) is 2.11. The maximum atomic E-state index is 10.6. The number of hydrogen-bond acceptors (Lipinski definition) is 2. The highest BCUT2D eigenvalue weighted by Gasteiger charge is 2.47. The van der Waals surface area contributed by atoms with E-state index in [2.05, 4.69) is 20.8 Å². The predicted molar refractivity (Wildman–Crippen MR) is 56.9 cm³/mol. The Balaban J connectivity index is 2.98. The molecule has 1 saturated carbocycles. The van der Waals surface area contributed by atoms with Crippen LogP contribution in [0.3, 0.4) is 0 Å². The monoisotopic (exact) mass is 196 g/mol. The molecule has 1 fully saturated rings. The van der Waals surface area contributed by atoms with Gasteiger partial charge in [-0.1, -0.05) is 27.2 Å². The summed E-state index contributed by atoms with van der Waals surface area (Å²) in [5.74, 6) is 0.224. The Bertz CT molecular complexity index is 243. The van der Waals surface area contributed by atoms with Crippen molar-refractivity contribution < 1.29 is 9.90 Å². The lowest BCUT2D eigenvalue weighted by Crippen LogP contribution is -2.50. The average molecular weight is 196 g/mol. The van der Waals surface area contributed by atoms with Crippen LogP contribution in [-0.2, 0) is 4.79 Å². The molecule has 1 aliphatic rings. The Labute approximate surface area is 86.0 Å². The second-order valence-corrected chi connectivity index (χ2v) is 5.00. The Morgan fingerprint density at radius 3 is 2.57 bits per heavy atom. The fraction of sp³-hybridized carbons (Fsp3) is 0.750. The minimum Gasteiger partial charge on any atom is -0.385 e. The Hall–Kier alpha value is -0.630. The molecule has 0 heterocycles. The van der Waals surface area contributed by atoms with E-state index >= 15 is 0 Å². The van der Waals surface area contributed by atoms with Gasteiger partial charge in [0, 0.05) is 0 Å². The summed E-state index contributed by atoms with van der Waals surface area (Å²) in [4.78, 5) is 10.3. The standard InChI is InChI=1S/C12H20O2/c1-10-6-4-7-11(2,3)12(10,14)8-5-9-13/h5,8-10,14H,4,6-7H2,1-3H3/b8-5+. The van der Waals surface area contributed by atoms with Gasteiger partial charge in [0.2, 0.25) is 0 Å². The van der Waals surface area contributed by atoms with Crippen molar-refractivity contribution in [2.75, 3.05) is 0 Å². The van der Waals surface area contributed by atoms with Gasteiger partial charge >= 0.3 is 0 Å². The molecular weight excluding hydrogens is 176 g/mol. The zero-order valence-corrected chi connectivity index (χ0v) is 9.29. The van der Waals surface area contributed by atoms with Crippen molar-refractivity contribution in [3.63, 3.8) is 0 Å². The number of aliphatic hydroxyl groups is 1. The number of hydrogen-bond donors (Lipinski definition) is 1. The highest BCUT2D eigenvalue weighted by molar-refractivity contribution is 5.65. The van der Waals surface area contributed by atoms with Crippen molar-refractivity contribution >= 4 is 6.29 Å². The molecule has 1 rings (SSSR count). The van der Waals surface area contributed by atoms with Crippen LogP contribution in [0.1, 0.15) is 40.0 Å². The first-order valence-corrected chi connectivity index (χ1v) is 5.29. The molecule has 0 radical (unpaired) electrons. The lowest BCUT2D eigenvalue weighted by Gasteiger charge is -2.48. The van der Waals surface area contributed by atoms with Crippen molar-refractivity contribution in [1.82, 2.24) is 0 Å². The van der Waals surface area contributed by atoms with Crippen LogP contribution >= 0.6 is 0 Å². The molecule has 1 N–H and O–H groups in total. The molecule has 0 amide bonds. The van der Waals surface area contributed by atoms with Gasteiger partial charge in [-0.3, -0.25) is 4.79 Å². The molecule has 0 aromatic rings. The van der Waals surface area contributed by atoms with E-state index in [4.69, 9.17) is 0 Å². The molecule has 2 heteroatoms. The van der Waals surface area contributed by atoms with Gasteiger partial charge in [-0.2, -0.15) is 0 Å². The van der Waals surface area contributed by atoms with E-state index < -0.39 is 5.60 Å². The number of carbonyl (C=O) groups excluding carboxylic acids is 1. The van der Waals surface area contributed by atoms with Crippen LogP contribution in [0.5, 0.6) is 0 Å². The Morgan fingerprint density at radius 2 is 2.07 bits per heavy atom. The first-order valence-electron chi connectivity index (χ1n) is 5.29. The third-order valence-electron chi connectivity index (χ3n) is 3.70. The summed E-state index contributed by atoms with van der Waals surface area (Å²) in [6.45, 7) is 6.19. The summed E-state index contributed by atoms with van der Waals surface area (Å²) >= 11 is 0. The molecule has 0 spiro atoms. The molecule has 2 nitrogen and oxygen atoms in total. The number of aldehydes is 1. The molecule has 80 valence electrons. The van der Waals surface area contributed by atoms with Crippen LogP contribution in [0.15, 0.2) is 12.2 Å². The third kappa shape index (κ3) is 1.76. The van der Waals surface area contributed by atoms with E-state index in [9.17, 15) is 9.90 Å². The number of allylic oxidation sites excluding steroid dienone is 1. The van der Waals surface area contributed by atoms with Gasteiger partial charge in [0.05, 0.1) is 5.60 Å². The van der Waals surface area contributed by atoms with Gasteiger partial charge in [-0.05, 0) is 36.3 Å². The second kappa shape index (κ2) is 3.85. The van der Waals surface area contributed by atoms with Crippen LogP contribution < -0.4 is 0 Å². The van der Waals surface area contributed by atoms with E-state index in [1.165, 1.54) is 6.08 Å². The van der Waals surface area contributed by atoms with Crippen molar-refractivity contribution in [2.45, 2.75) is 45.6 Å². The van der Waals surface area contributed by atoms with E-state index in [0.29, 0.717) is 0 Å². The fourth-order valence-electron chi connectivity index (χ4n) is 2.51. The highest BCUT2D eigenvalue weighted by atomic mass is 16.3. The molecular formula is C12H20O2. The van der Waals surface area contributed by atoms with Crippen LogP contribution in [0, 0.1) is 11.3 Å². The fourth-order valence-corrected chi connectivity index (χ4v) is 2.51. The first-order chi connectivity index (χ1) is 6.44. The largest absolute Gasteiger partial charge is 0.385 e. The van der Waals surface area contributed by atoms with Crippen LogP contribution in [0.25, 0.3) is 0 Å². The Kier molecular flexibility index (Phi) is 3.15. The normalized spacial score (nSPS) is 37.3. The maximum absolute atomic E-state index is 10.6. The van der Waals surface area contributed by atoms with E-state index in [1.807, 2.05) is 0 Å². The molecule has 14 heavy (non-hydrogen) atoms. The van der Waals surface area contributed by atoms with Gasteiger partial charge in [0.1, 0.15) is 6.29 Å². The van der Waals surface area contributed by atoms with Crippen LogP contribution in [0.2, 0.25) is 0 Å². The van der Waals surface area contributed by atoms with Gasteiger partial charge in [-0.25, -0.2) is 0 Å². The van der Waals surface area contributed by atoms with Crippen molar-refractivity contribution in [3.05, 3.63) is 12.2 Å². The topological polar surface area (TPSA) is 37.3 Å². The van der Waals surface area contributed by atoms with Gasteiger partial charge in [-0.15, -0.1) is 0 Å². The SMILES string of the molecule is CC1CCCC(C)(C)C1(O)/C=C/C=O. The number of rotatable bonds is 2. The highest BCUT2D eigenvalue weighted by Crippen LogP contribution is 2.47. The van der Waals surface area contributed by atoms with Crippen LogP contribution in [0.4, 0.5) is 0 Å². The second-order valence-electron chi connectivity index (χ2n) is 5.00. The predicted octanol–water partition coefficient (Wildman–Crippen LogP) is 2.32. The van der Waals surface area contributed by atoms with Crippen molar-refractivity contribution in [2.24, 2.45) is 11.3 Å². The minimum absolute atomic E-state index is 0.135. The summed E-state index contributed by atoms with van der Waals surface area (Å²) in [6.07, 6.45) is 7.02. The molecule has 0 aliphatic heterocycles. The van der Waals surface area contributed by atoms with E-state index in [-0.39, 0.29) is 11.3 Å². The molecule has 0 bridgehead atoms. The summed E-state index contributed by atoms with van der Waals surface area (Å²) in [5, 5.41) is 10.6. The van der Waals surface area contributed by atoms with Gasteiger partial charge in [0.15, 0.2) is 0 Å². The minimum atomic E-state index is -0.827. The quantitative estimate of drug-likeness (QED) is 0.543. The summed E-state index contributed by atoms with van der Waals surface area (Å²) in [7, 11) is 0. The Morgan fingerprint density at radius 1 is 1.43 bits per heavy atom. The molecule has 1 aliphatic carbocycles. The molecule has 0 aromatic heterocycles. The zero-order valence-electron chi connectivity index (χ0n) is 9.29. The van der Waals surface area contributed by atoms with Crippen molar-refractivity contribution in [3.8, 4) is 0 Å². The number of carbonyl (C=O) groups is 1. The van der Waals surface area contributed by atoms with Crippen LogP contribution in [-0.4, -0.2) is 17.0 Å². The van der Waals surface area contributed by atoms with Gasteiger partial charge in [0.25, 0.3) is 0 Å². The summed E-state index contributed by atoms with van der Waals surface area (Å²) < 4.78 is 0. The smallest absolute Gasteiger partial charge is 0.142 e. The van der Waals surface area contributed by atoms with E-state index in [0.717, 1.165) is 25.5 Å². The lowest BCUT2D eigenvalue weighted by atomic mass is 9.60. The summed E-state index contributed by atoms with van der Waals surface area (Å²) in [6, 6.07) is 0. The van der Waals surface area contributed by atoms with Crippen molar-refractivity contribution in [1.29, 1.82) is 0 Å². The third-order valence-corrected chi connectivity index (χ3v) is 3.70. The van der Waals surface area contributed by atoms with Gasteiger partial charge < -0.3 is 5.11 Å². The first kappa shape index (κ1) is 11.4. The molecule has 2 unspecified atom stereocenters. The maximum Gasteiger partial charge on any atom is 0.142 e. The summed E-state index contributed by atoms with van der Waals surface area (Å²) in [5.41, 5.74) is -0.962. The molecule has 0 aromatic carbocycles. The zero-order chi connectivity index (χ0) is 10.8. The molecule has 2 atom stereocenters. The molecule has 0 saturated heterocycles. The lowest BCUT2D eigenvalue weighted by molar-refractivity contribution is -0.105. The van der Waals surface area contributed by atoms with E-state index in [1.54, 1.807) is 6.08 Å².